The maximum atomic E-state index is 9.67. The van der Waals surface area contributed by atoms with Gasteiger partial charge >= 0.3 is 0 Å². The quantitative estimate of drug-likeness (QED) is 0.756. The zero-order chi connectivity index (χ0) is 14.8. The zero-order valence-electron chi connectivity index (χ0n) is 11.8. The van der Waals surface area contributed by atoms with Crippen molar-refractivity contribution in [2.75, 3.05) is 7.11 Å². The summed E-state index contributed by atoms with van der Waals surface area (Å²) in [6, 6.07) is 19.8. The molecule has 0 radical (unpaired) electrons. The van der Waals surface area contributed by atoms with Gasteiger partial charge in [0.05, 0.1) is 7.11 Å². The van der Waals surface area contributed by atoms with Crippen molar-refractivity contribution in [1.82, 2.24) is 0 Å². The molecule has 3 aromatic carbocycles. The molecule has 0 saturated carbocycles. The third-order valence-corrected chi connectivity index (χ3v) is 3.63. The van der Waals surface area contributed by atoms with Gasteiger partial charge in [0.15, 0.2) is 11.5 Å². The van der Waals surface area contributed by atoms with Gasteiger partial charge in [-0.15, -0.1) is 0 Å². The van der Waals surface area contributed by atoms with Crippen LogP contribution >= 0.6 is 0 Å². The van der Waals surface area contributed by atoms with Crippen molar-refractivity contribution in [3.63, 3.8) is 0 Å². The number of ether oxygens (including phenoxy) is 1. The summed E-state index contributed by atoms with van der Waals surface area (Å²) in [6.45, 7) is 4.17. The standard InChI is InChI=1S/C19H16O2/c1-13(16-9-10-18(20)19(12-16)21-2)15-8-7-14-5-3-4-6-17(14)11-15/h3-12,20H,1H2,2H3. The molecule has 0 aliphatic carbocycles. The van der Waals surface area contributed by atoms with E-state index in [-0.39, 0.29) is 5.75 Å². The van der Waals surface area contributed by atoms with Crippen molar-refractivity contribution in [2.24, 2.45) is 0 Å². The smallest absolute Gasteiger partial charge is 0.161 e. The van der Waals surface area contributed by atoms with Gasteiger partial charge in [0.2, 0.25) is 0 Å². The number of methoxy groups -OCH3 is 1. The highest BCUT2D eigenvalue weighted by molar-refractivity contribution is 5.89. The molecule has 0 fully saturated rings. The van der Waals surface area contributed by atoms with E-state index in [2.05, 4.69) is 36.9 Å². The summed E-state index contributed by atoms with van der Waals surface area (Å²) in [6.07, 6.45) is 0. The molecule has 0 atom stereocenters. The zero-order valence-corrected chi connectivity index (χ0v) is 11.8. The fourth-order valence-electron chi connectivity index (χ4n) is 2.41. The molecule has 3 rings (SSSR count). The maximum Gasteiger partial charge on any atom is 0.161 e. The number of rotatable bonds is 3. The molecule has 0 aliphatic heterocycles. The van der Waals surface area contributed by atoms with Crippen molar-refractivity contribution in [3.05, 3.63) is 78.4 Å². The lowest BCUT2D eigenvalue weighted by atomic mass is 9.97. The van der Waals surface area contributed by atoms with Crippen LogP contribution in [0.1, 0.15) is 11.1 Å². The number of benzene rings is 3. The number of hydrogen-bond donors (Lipinski definition) is 1. The first kappa shape index (κ1) is 13.3. The fourth-order valence-corrected chi connectivity index (χ4v) is 2.41. The highest BCUT2D eigenvalue weighted by Crippen LogP contribution is 2.32. The molecule has 0 aliphatic rings. The molecule has 0 bridgehead atoms. The molecular formula is C19H16O2. The largest absolute Gasteiger partial charge is 0.504 e. The van der Waals surface area contributed by atoms with Crippen molar-refractivity contribution in [2.45, 2.75) is 0 Å². The third-order valence-electron chi connectivity index (χ3n) is 3.63. The Labute approximate surface area is 123 Å². The number of hydrogen-bond acceptors (Lipinski definition) is 2. The normalized spacial score (nSPS) is 10.5. The number of phenols is 1. The Balaban J connectivity index is 2.03. The summed E-state index contributed by atoms with van der Waals surface area (Å²) in [7, 11) is 1.54. The second-order valence-electron chi connectivity index (χ2n) is 4.93. The van der Waals surface area contributed by atoms with Crippen LogP contribution in [0.2, 0.25) is 0 Å². The van der Waals surface area contributed by atoms with Crippen LogP contribution in [0.5, 0.6) is 11.5 Å². The van der Waals surface area contributed by atoms with E-state index < -0.39 is 0 Å². The average molecular weight is 276 g/mol. The molecule has 0 aromatic heterocycles. The Morgan fingerprint density at radius 1 is 0.905 bits per heavy atom. The first-order valence-electron chi connectivity index (χ1n) is 6.74. The van der Waals surface area contributed by atoms with E-state index in [0.29, 0.717) is 5.75 Å². The van der Waals surface area contributed by atoms with Gasteiger partial charge in [0, 0.05) is 0 Å². The highest BCUT2D eigenvalue weighted by Gasteiger charge is 2.07. The van der Waals surface area contributed by atoms with Crippen LogP contribution in [-0.4, -0.2) is 12.2 Å². The number of phenolic OH excluding ortho intramolecular Hbond substituents is 1. The highest BCUT2D eigenvalue weighted by atomic mass is 16.5. The van der Waals surface area contributed by atoms with Crippen LogP contribution in [0.15, 0.2) is 67.2 Å². The predicted molar refractivity (Wildman–Crippen MR) is 86.7 cm³/mol. The molecule has 21 heavy (non-hydrogen) atoms. The monoisotopic (exact) mass is 276 g/mol. The SMILES string of the molecule is C=C(c1ccc(O)c(OC)c1)c1ccc2ccccc2c1. The lowest BCUT2D eigenvalue weighted by molar-refractivity contribution is 0.373. The second-order valence-corrected chi connectivity index (χ2v) is 4.93. The summed E-state index contributed by atoms with van der Waals surface area (Å²) in [5, 5.41) is 12.1. The minimum absolute atomic E-state index is 0.132. The maximum absolute atomic E-state index is 9.67. The van der Waals surface area contributed by atoms with Crippen molar-refractivity contribution in [1.29, 1.82) is 0 Å². The van der Waals surface area contributed by atoms with E-state index in [9.17, 15) is 5.11 Å². The molecule has 0 heterocycles. The molecule has 104 valence electrons. The van der Waals surface area contributed by atoms with Crippen molar-refractivity contribution >= 4 is 16.3 Å². The average Bonchev–Trinajstić information content (AvgIpc) is 2.54. The van der Waals surface area contributed by atoms with Crippen LogP contribution in [-0.2, 0) is 0 Å². The summed E-state index contributed by atoms with van der Waals surface area (Å²) in [5.74, 6) is 0.585. The van der Waals surface area contributed by atoms with Crippen molar-refractivity contribution in [3.8, 4) is 11.5 Å². The van der Waals surface area contributed by atoms with Crippen LogP contribution in [0.4, 0.5) is 0 Å². The van der Waals surface area contributed by atoms with Gasteiger partial charge in [0.25, 0.3) is 0 Å². The topological polar surface area (TPSA) is 29.5 Å². The Morgan fingerprint density at radius 2 is 1.57 bits per heavy atom. The van der Waals surface area contributed by atoms with Gasteiger partial charge in [0.1, 0.15) is 0 Å². The van der Waals surface area contributed by atoms with Crippen molar-refractivity contribution < 1.29 is 9.84 Å². The first-order chi connectivity index (χ1) is 10.2. The van der Waals surface area contributed by atoms with Crippen LogP contribution < -0.4 is 4.74 Å². The summed E-state index contributed by atoms with van der Waals surface area (Å²) in [4.78, 5) is 0. The van der Waals surface area contributed by atoms with Gasteiger partial charge in [-0.1, -0.05) is 49.0 Å². The van der Waals surface area contributed by atoms with Gasteiger partial charge in [-0.05, 0) is 45.7 Å². The van der Waals surface area contributed by atoms with Crippen LogP contribution in [0, 0.1) is 0 Å². The molecule has 0 spiro atoms. The van der Waals surface area contributed by atoms with E-state index in [1.807, 2.05) is 18.2 Å². The Bertz CT molecular complexity index is 819. The lowest BCUT2D eigenvalue weighted by Gasteiger charge is -2.10. The molecule has 0 unspecified atom stereocenters. The second kappa shape index (κ2) is 5.33. The Hall–Kier alpha value is -2.74. The van der Waals surface area contributed by atoms with Crippen LogP contribution in [0.25, 0.3) is 16.3 Å². The molecule has 0 amide bonds. The van der Waals surface area contributed by atoms with Crippen LogP contribution in [0.3, 0.4) is 0 Å². The van der Waals surface area contributed by atoms with E-state index in [1.165, 1.54) is 17.9 Å². The fraction of sp³-hybridized carbons (Fsp3) is 0.0526. The minimum Gasteiger partial charge on any atom is -0.504 e. The molecular weight excluding hydrogens is 260 g/mol. The van der Waals surface area contributed by atoms with Gasteiger partial charge in [-0.25, -0.2) is 0 Å². The van der Waals surface area contributed by atoms with Gasteiger partial charge < -0.3 is 9.84 Å². The summed E-state index contributed by atoms with van der Waals surface area (Å²) >= 11 is 0. The van der Waals surface area contributed by atoms with E-state index in [0.717, 1.165) is 16.7 Å². The molecule has 1 N–H and O–H groups in total. The molecule has 3 aromatic rings. The Morgan fingerprint density at radius 3 is 2.33 bits per heavy atom. The Kier molecular flexibility index (Phi) is 3.36. The van der Waals surface area contributed by atoms with E-state index in [1.54, 1.807) is 12.1 Å². The molecule has 0 saturated heterocycles. The lowest BCUT2D eigenvalue weighted by Crippen LogP contribution is -1.89. The molecule has 2 nitrogen and oxygen atoms in total. The third kappa shape index (κ3) is 2.48. The van der Waals surface area contributed by atoms with Gasteiger partial charge in [-0.2, -0.15) is 0 Å². The first-order valence-corrected chi connectivity index (χ1v) is 6.74. The summed E-state index contributed by atoms with van der Waals surface area (Å²) in [5.41, 5.74) is 2.89. The predicted octanol–water partition coefficient (Wildman–Crippen LogP) is 4.62. The minimum atomic E-state index is 0.132. The van der Waals surface area contributed by atoms with E-state index in [4.69, 9.17) is 4.74 Å². The summed E-state index contributed by atoms with van der Waals surface area (Å²) < 4.78 is 5.15. The van der Waals surface area contributed by atoms with Gasteiger partial charge in [-0.3, -0.25) is 0 Å². The number of aromatic hydroxyl groups is 1. The number of fused-ring (bicyclic) bond motifs is 1. The van der Waals surface area contributed by atoms with E-state index >= 15 is 0 Å². The molecule has 2 heteroatoms.